The van der Waals surface area contributed by atoms with Crippen LogP contribution in [0, 0.1) is 10.1 Å². The molecule has 0 aliphatic heterocycles. The molecule has 0 rings (SSSR count). The molecule has 0 radical (unpaired) electrons. The molecule has 19 nitrogen and oxygen atoms in total. The summed E-state index contributed by atoms with van der Waals surface area (Å²) in [7, 11) is 3.25. The van der Waals surface area contributed by atoms with Crippen LogP contribution in [-0.2, 0) is 62.1 Å². The average molecular weight is 566 g/mol. The van der Waals surface area contributed by atoms with E-state index in [0.29, 0.717) is 0 Å². The topological polar surface area (TPSA) is 288 Å². The average Bonchev–Trinajstić information content (AvgIpc) is 2.82. The first-order valence-electron chi connectivity index (χ1n) is 10.2. The zero-order chi connectivity index (χ0) is 33.0. The second-order valence-electron chi connectivity index (χ2n) is 4.87. The van der Waals surface area contributed by atoms with Crippen LogP contribution in [-0.4, -0.2) is 92.8 Å². The summed E-state index contributed by atoms with van der Waals surface area (Å²) in [4.78, 5) is 99.4. The smallest absolute Gasteiger partial charge is 0.469 e. The molecule has 20 heteroatoms. The number of aldehydes is 3. The van der Waals surface area contributed by atoms with Crippen molar-refractivity contribution in [1.29, 1.82) is 0 Å². The molecule has 38 heavy (non-hydrogen) atoms. The van der Waals surface area contributed by atoms with Gasteiger partial charge in [-0.3, -0.25) is 24.0 Å². The minimum absolute atomic E-state index is 0. The fraction of sp³-hybridized carbons (Fsp3) is 0.444. The third-order valence-electron chi connectivity index (χ3n) is 2.21. The summed E-state index contributed by atoms with van der Waals surface area (Å²) in [6, 6.07) is -1.51. The number of rotatable bonds is 7. The second-order valence-corrected chi connectivity index (χ2v) is 4.87. The van der Waals surface area contributed by atoms with Gasteiger partial charge in [-0.1, -0.05) is 5.16 Å². The molecule has 0 aliphatic rings. The van der Waals surface area contributed by atoms with E-state index in [2.05, 4.69) is 24.1 Å². The molecule has 0 saturated carbocycles. The second kappa shape index (κ2) is 35.1. The fourth-order valence-corrected chi connectivity index (χ4v) is 0.991. The van der Waals surface area contributed by atoms with Crippen LogP contribution >= 0.6 is 0 Å². The Hall–Kier alpha value is -4.10. The van der Waals surface area contributed by atoms with Crippen molar-refractivity contribution in [3.05, 3.63) is 10.1 Å². The van der Waals surface area contributed by atoms with Crippen molar-refractivity contribution >= 4 is 60.3 Å². The summed E-state index contributed by atoms with van der Waals surface area (Å²) in [6.45, 7) is 3.50. The van der Waals surface area contributed by atoms with E-state index < -0.39 is 72.7 Å². The number of esters is 5. The van der Waals surface area contributed by atoms with Gasteiger partial charge in [0.05, 0.1) is 21.3 Å². The van der Waals surface area contributed by atoms with E-state index in [1.165, 1.54) is 21.0 Å². The molecule has 0 heterocycles. The number of oxime groups is 1. The number of nitrogens with one attached hydrogen (secondary N) is 1. The predicted octanol–water partition coefficient (Wildman–Crippen LogP) is -4.85. The van der Waals surface area contributed by atoms with Crippen molar-refractivity contribution in [2.75, 3.05) is 21.3 Å². The van der Waals surface area contributed by atoms with Crippen LogP contribution in [0.3, 0.4) is 0 Å². The van der Waals surface area contributed by atoms with Crippen LogP contribution in [0.2, 0.25) is 0 Å². The van der Waals surface area contributed by atoms with E-state index in [1.54, 1.807) is 0 Å². The maximum atomic E-state index is 10.7. The molecule has 1 atom stereocenters. The van der Waals surface area contributed by atoms with Crippen molar-refractivity contribution in [3.63, 3.8) is 0 Å². The molecule has 1 amide bonds. The molecule has 0 bridgehead atoms. The number of nitrogens with zero attached hydrogens (tertiary/aromatic N) is 2. The van der Waals surface area contributed by atoms with Crippen molar-refractivity contribution in [1.82, 2.24) is 5.32 Å². The Morgan fingerprint density at radius 2 is 1.42 bits per heavy atom. The number of carbonyl (C=O) groups is 9. The van der Waals surface area contributed by atoms with Gasteiger partial charge in [0, 0.05) is 20.8 Å². The van der Waals surface area contributed by atoms with E-state index in [4.69, 9.17) is 19.4 Å². The first-order valence-corrected chi connectivity index (χ1v) is 8.69. The van der Waals surface area contributed by atoms with E-state index in [1.807, 2.05) is 5.32 Å². The quantitative estimate of drug-likeness (QED) is 0.0336. The number of hydrogen-bond acceptors (Lipinski definition) is 18. The number of ether oxygens (including phenoxy) is 4. The van der Waals surface area contributed by atoms with Gasteiger partial charge < -0.3 is 49.2 Å². The normalized spacial score (nSPS) is 10.1. The molecular weight excluding hydrogens is 537 g/mol. The molecular formula is C18H26N3NaO16. The van der Waals surface area contributed by atoms with Gasteiger partial charge in [-0.05, 0) is 0 Å². The third-order valence-corrected chi connectivity index (χ3v) is 2.21. The standard InChI is InChI=1S/C6H9NO4.C4H5NO4.2C4H6O3.HNO2.Na/c1-4(9)7-5(3-8)6(10)11-2;1-9-4(7)3(2-6)5-8;1-7-4(6)2-3-5;1-3(5)7-4(2)6;2-1-3;/h3,5H,1-2H3,(H,7,9);2,8H,1H3;3H,2H2,1H3;1-2H3;(H,2,3);/q;;;;;+1/p-1/b;5-3-;;;;/i3D;2D;3D;;;. The summed E-state index contributed by atoms with van der Waals surface area (Å²) in [6.07, 6.45) is -3.94. The van der Waals surface area contributed by atoms with Gasteiger partial charge in [-0.25, -0.2) is 9.59 Å². The zero-order valence-electron chi connectivity index (χ0n) is 24.2. The largest absolute Gasteiger partial charge is 1.00 e. The Morgan fingerprint density at radius 3 is 1.55 bits per heavy atom. The summed E-state index contributed by atoms with van der Waals surface area (Å²) in [5.41, 5.74) is -0.928. The molecule has 0 aliphatic carbocycles. The summed E-state index contributed by atoms with van der Waals surface area (Å²) >= 11 is 0. The molecule has 2 N–H and O–H groups in total. The number of carbonyl (C=O) groups excluding carboxylic acids is 9. The van der Waals surface area contributed by atoms with E-state index in [0.717, 1.165) is 26.5 Å². The first kappa shape index (κ1) is 38.4. The van der Waals surface area contributed by atoms with Crippen LogP contribution in [0.5, 0.6) is 0 Å². The van der Waals surface area contributed by atoms with Gasteiger partial charge in [-0.15, -0.1) is 5.34 Å². The van der Waals surface area contributed by atoms with Gasteiger partial charge >= 0.3 is 59.4 Å². The number of methoxy groups -OCH3 is 3. The molecule has 0 aromatic carbocycles. The Bertz CT molecular complexity index is 934. The summed E-state index contributed by atoms with van der Waals surface area (Å²) in [5, 5.41) is 21.2. The van der Waals surface area contributed by atoms with Crippen LogP contribution in [0.25, 0.3) is 0 Å². The maximum Gasteiger partial charge on any atom is 1.00 e. The maximum absolute atomic E-state index is 10.7. The van der Waals surface area contributed by atoms with Gasteiger partial charge in [0.15, 0.2) is 18.6 Å². The Kier molecular flexibility index (Phi) is 35.5. The molecule has 0 aromatic heterocycles. The minimum Gasteiger partial charge on any atom is -0.469 e. The Labute approximate surface area is 241 Å². The van der Waals surface area contributed by atoms with Gasteiger partial charge in [0.1, 0.15) is 16.8 Å². The van der Waals surface area contributed by atoms with Crippen molar-refractivity contribution in [2.45, 2.75) is 33.2 Å². The van der Waals surface area contributed by atoms with Crippen molar-refractivity contribution in [3.8, 4) is 0 Å². The molecule has 0 spiro atoms. The third kappa shape index (κ3) is 42.1. The SMILES string of the molecule is CC(=O)OC(C)=O.O=N[O-].[2H]C(=O)/C(=N/O)C(=O)OC.[2H]C(=O)C(NC(C)=O)C(=O)OC.[2H]C(=O)CC(=O)OC.[Na+]. The monoisotopic (exact) mass is 566 g/mol. The number of hydrogen-bond donors (Lipinski definition) is 2. The van der Waals surface area contributed by atoms with Crippen LogP contribution in [0.1, 0.15) is 31.3 Å². The molecule has 0 aromatic rings. The fourth-order valence-electron chi connectivity index (χ4n) is 0.991. The van der Waals surface area contributed by atoms with Gasteiger partial charge in [0.25, 0.3) is 0 Å². The van der Waals surface area contributed by atoms with Crippen molar-refractivity contribution in [2.24, 2.45) is 10.5 Å². The van der Waals surface area contributed by atoms with Crippen LogP contribution in [0.4, 0.5) is 0 Å². The van der Waals surface area contributed by atoms with Crippen LogP contribution in [0.15, 0.2) is 10.5 Å². The van der Waals surface area contributed by atoms with E-state index in [9.17, 15) is 43.2 Å². The predicted molar refractivity (Wildman–Crippen MR) is 117 cm³/mol. The van der Waals surface area contributed by atoms with Crippen LogP contribution < -0.4 is 34.9 Å². The summed E-state index contributed by atoms with van der Waals surface area (Å²) < 4.78 is 35.4. The summed E-state index contributed by atoms with van der Waals surface area (Å²) in [5.74, 6) is -4.41. The van der Waals surface area contributed by atoms with Gasteiger partial charge in [-0.2, -0.15) is 0 Å². The minimum atomic E-state index is -1.51. The van der Waals surface area contributed by atoms with E-state index >= 15 is 0 Å². The van der Waals surface area contributed by atoms with Crippen molar-refractivity contribution < 1.29 is 101 Å². The zero-order valence-corrected chi connectivity index (χ0v) is 23.2. The molecule has 210 valence electrons. The first-order chi connectivity index (χ1) is 18.3. The Balaban J connectivity index is -0.0000000972. The number of amides is 1. The molecule has 0 saturated heterocycles. The van der Waals surface area contributed by atoms with Gasteiger partial charge in [0.2, 0.25) is 11.6 Å². The molecule has 1 unspecified atom stereocenters. The Morgan fingerprint density at radius 1 is 0.974 bits per heavy atom. The molecule has 0 fully saturated rings. The van der Waals surface area contributed by atoms with E-state index in [-0.39, 0.29) is 29.6 Å².